The molecule has 0 spiro atoms. The Morgan fingerprint density at radius 3 is 0.923 bits per heavy atom. The molecule has 0 aromatic carbocycles. The molecule has 0 aliphatic carbocycles. The molecule has 0 aromatic rings. The number of hydrogen-bond acceptors (Lipinski definition) is 3. The Kier molecular flexibility index (Phi) is 55.7. The maximum atomic E-state index is 12.5. The zero-order chi connectivity index (χ0) is 47.0. The zero-order valence-electron chi connectivity index (χ0n) is 44.3. The molecule has 0 radical (unpaired) electrons. The highest BCUT2D eigenvalue weighted by atomic mass is 16.3. The van der Waals surface area contributed by atoms with Crippen LogP contribution < -0.4 is 5.32 Å². The molecule has 0 aliphatic heterocycles. The average molecular weight is 913 g/mol. The molecule has 65 heavy (non-hydrogen) atoms. The molecule has 0 saturated heterocycles. The van der Waals surface area contributed by atoms with Gasteiger partial charge < -0.3 is 15.5 Å². The van der Waals surface area contributed by atoms with Gasteiger partial charge in [-0.1, -0.05) is 307 Å². The number of rotatable bonds is 55. The second-order valence-corrected chi connectivity index (χ2v) is 20.4. The van der Waals surface area contributed by atoms with Gasteiger partial charge in [0.05, 0.1) is 18.8 Å². The van der Waals surface area contributed by atoms with E-state index in [4.69, 9.17) is 0 Å². The highest BCUT2D eigenvalue weighted by Gasteiger charge is 2.18. The van der Waals surface area contributed by atoms with Crippen molar-refractivity contribution in [1.29, 1.82) is 0 Å². The number of unbranched alkanes of at least 4 members (excludes halogenated alkanes) is 44. The minimum Gasteiger partial charge on any atom is -0.394 e. The first-order chi connectivity index (χ1) is 32.2. The number of nitrogens with one attached hydrogen (secondary N) is 1. The van der Waals surface area contributed by atoms with Crippen LogP contribution in [0.25, 0.3) is 0 Å². The van der Waals surface area contributed by atoms with E-state index >= 15 is 0 Å². The van der Waals surface area contributed by atoms with E-state index in [1.165, 1.54) is 276 Å². The summed E-state index contributed by atoms with van der Waals surface area (Å²) in [5.41, 5.74) is 0. The van der Waals surface area contributed by atoms with Crippen LogP contribution in [0.3, 0.4) is 0 Å². The normalized spacial score (nSPS) is 13.0. The summed E-state index contributed by atoms with van der Waals surface area (Å²) in [7, 11) is 0. The van der Waals surface area contributed by atoms with Crippen LogP contribution in [0.1, 0.15) is 328 Å². The van der Waals surface area contributed by atoms with Crippen LogP contribution >= 0.6 is 0 Å². The van der Waals surface area contributed by atoms with Crippen LogP contribution in [0.15, 0.2) is 36.5 Å². The van der Waals surface area contributed by atoms with E-state index in [0.29, 0.717) is 6.42 Å². The van der Waals surface area contributed by atoms with Crippen molar-refractivity contribution in [2.75, 3.05) is 6.61 Å². The standard InChI is InChI=1S/C61H117NO3/c1-3-5-7-9-11-13-15-17-19-21-23-25-27-29-30-31-32-33-35-37-39-41-43-45-47-49-51-53-55-57-61(65)62-59(58-63)60(64)56-54-52-50-48-46-44-42-40-38-36-34-28-26-24-22-20-18-16-14-12-10-8-6-4-2/h23,25,29-30,54,56,59-60,63-64H,3-22,24,26-28,31-53,55,57-58H2,1-2H3,(H,62,65)/b25-23-,30-29-,56-54+. The number of aliphatic hydroxyl groups excluding tert-OH is 2. The Morgan fingerprint density at radius 1 is 0.369 bits per heavy atom. The van der Waals surface area contributed by atoms with Crippen molar-refractivity contribution in [2.24, 2.45) is 0 Å². The molecular weight excluding hydrogens is 795 g/mol. The first-order valence-corrected chi connectivity index (χ1v) is 29.7. The summed E-state index contributed by atoms with van der Waals surface area (Å²) in [4.78, 5) is 12.5. The topological polar surface area (TPSA) is 69.6 Å². The molecule has 2 atom stereocenters. The van der Waals surface area contributed by atoms with Gasteiger partial charge in [0, 0.05) is 6.42 Å². The Labute approximate surface area is 408 Å². The van der Waals surface area contributed by atoms with Crippen molar-refractivity contribution >= 4 is 5.91 Å². The molecule has 384 valence electrons. The SMILES string of the molecule is CCCCCCCCCCC/C=C\C/C=C\CCCCCCCCCCCCCCCC(=O)NC(CO)C(O)/C=C/CCCCCCCCCCCCCCCCCCCCCCCC. The quantitative estimate of drug-likeness (QED) is 0.0421. The number of aliphatic hydroxyl groups is 2. The summed E-state index contributed by atoms with van der Waals surface area (Å²) in [5.74, 6) is -0.0602. The Morgan fingerprint density at radius 2 is 0.631 bits per heavy atom. The summed E-state index contributed by atoms with van der Waals surface area (Å²) in [5, 5.41) is 23.2. The predicted octanol–water partition coefficient (Wildman–Crippen LogP) is 19.6. The maximum Gasteiger partial charge on any atom is 0.220 e. The molecule has 0 heterocycles. The molecule has 0 rings (SSSR count). The van der Waals surface area contributed by atoms with E-state index in [9.17, 15) is 15.0 Å². The van der Waals surface area contributed by atoms with E-state index in [1.54, 1.807) is 6.08 Å². The Hall–Kier alpha value is -1.39. The molecule has 3 N–H and O–H groups in total. The van der Waals surface area contributed by atoms with Crippen molar-refractivity contribution < 1.29 is 15.0 Å². The average Bonchev–Trinajstić information content (AvgIpc) is 3.31. The molecule has 4 nitrogen and oxygen atoms in total. The van der Waals surface area contributed by atoms with Gasteiger partial charge in [-0.2, -0.15) is 0 Å². The first-order valence-electron chi connectivity index (χ1n) is 29.7. The van der Waals surface area contributed by atoms with E-state index in [0.717, 1.165) is 32.1 Å². The van der Waals surface area contributed by atoms with Crippen molar-refractivity contribution in [3.8, 4) is 0 Å². The largest absolute Gasteiger partial charge is 0.394 e. The number of allylic oxidation sites excluding steroid dienone is 5. The van der Waals surface area contributed by atoms with Crippen molar-refractivity contribution in [1.82, 2.24) is 5.32 Å². The monoisotopic (exact) mass is 912 g/mol. The van der Waals surface area contributed by atoms with Gasteiger partial charge in [0.25, 0.3) is 0 Å². The van der Waals surface area contributed by atoms with Crippen LogP contribution in [0.4, 0.5) is 0 Å². The maximum absolute atomic E-state index is 12.5. The Bertz CT molecular complexity index is 989. The van der Waals surface area contributed by atoms with Crippen LogP contribution in [0.2, 0.25) is 0 Å². The van der Waals surface area contributed by atoms with Gasteiger partial charge in [-0.3, -0.25) is 4.79 Å². The van der Waals surface area contributed by atoms with Crippen LogP contribution in [-0.4, -0.2) is 34.9 Å². The molecule has 0 saturated carbocycles. The fraction of sp³-hybridized carbons (Fsp3) is 0.885. The molecule has 1 amide bonds. The van der Waals surface area contributed by atoms with Gasteiger partial charge >= 0.3 is 0 Å². The van der Waals surface area contributed by atoms with Crippen molar-refractivity contribution in [2.45, 2.75) is 341 Å². The minimum absolute atomic E-state index is 0.0602. The molecule has 0 bridgehead atoms. The van der Waals surface area contributed by atoms with Gasteiger partial charge in [-0.25, -0.2) is 0 Å². The third-order valence-electron chi connectivity index (χ3n) is 13.9. The van der Waals surface area contributed by atoms with Crippen LogP contribution in [0.5, 0.6) is 0 Å². The molecule has 0 aliphatic rings. The van der Waals surface area contributed by atoms with Crippen molar-refractivity contribution in [3.63, 3.8) is 0 Å². The second kappa shape index (κ2) is 56.9. The number of carbonyl (C=O) groups excluding carboxylic acids is 1. The molecule has 0 fully saturated rings. The summed E-state index contributed by atoms with van der Waals surface area (Å²) < 4.78 is 0. The lowest BCUT2D eigenvalue weighted by Gasteiger charge is -2.20. The lowest BCUT2D eigenvalue weighted by molar-refractivity contribution is -0.123. The van der Waals surface area contributed by atoms with Crippen LogP contribution in [-0.2, 0) is 4.79 Å². The fourth-order valence-corrected chi connectivity index (χ4v) is 9.33. The first kappa shape index (κ1) is 63.6. The number of hydrogen-bond donors (Lipinski definition) is 3. The molecule has 0 aromatic heterocycles. The van der Waals surface area contributed by atoms with E-state index in [-0.39, 0.29) is 12.5 Å². The third kappa shape index (κ3) is 53.4. The van der Waals surface area contributed by atoms with Gasteiger partial charge in [0.2, 0.25) is 5.91 Å². The van der Waals surface area contributed by atoms with E-state index in [2.05, 4.69) is 43.5 Å². The smallest absolute Gasteiger partial charge is 0.220 e. The minimum atomic E-state index is -0.840. The van der Waals surface area contributed by atoms with Gasteiger partial charge in [0.1, 0.15) is 0 Å². The summed E-state index contributed by atoms with van der Waals surface area (Å²) >= 11 is 0. The Balaban J connectivity index is 3.48. The third-order valence-corrected chi connectivity index (χ3v) is 13.9. The zero-order valence-corrected chi connectivity index (χ0v) is 44.3. The molecule has 2 unspecified atom stereocenters. The summed E-state index contributed by atoms with van der Waals surface area (Å²) in [6.45, 7) is 4.34. The number of carbonyl (C=O) groups is 1. The summed E-state index contributed by atoms with van der Waals surface area (Å²) in [6, 6.07) is -0.623. The van der Waals surface area contributed by atoms with E-state index < -0.39 is 12.1 Å². The van der Waals surface area contributed by atoms with E-state index in [1.807, 2.05) is 6.08 Å². The van der Waals surface area contributed by atoms with Crippen molar-refractivity contribution in [3.05, 3.63) is 36.5 Å². The second-order valence-electron chi connectivity index (χ2n) is 20.4. The fourth-order valence-electron chi connectivity index (χ4n) is 9.33. The highest BCUT2D eigenvalue weighted by Crippen LogP contribution is 2.17. The molecular formula is C61H117NO3. The van der Waals surface area contributed by atoms with Crippen LogP contribution in [0, 0.1) is 0 Å². The highest BCUT2D eigenvalue weighted by molar-refractivity contribution is 5.76. The number of amides is 1. The van der Waals surface area contributed by atoms with Gasteiger partial charge in [0.15, 0.2) is 0 Å². The summed E-state index contributed by atoms with van der Waals surface area (Å²) in [6.07, 6.45) is 77.5. The lowest BCUT2D eigenvalue weighted by atomic mass is 10.0. The van der Waals surface area contributed by atoms with Gasteiger partial charge in [-0.05, 0) is 51.4 Å². The molecule has 4 heteroatoms. The predicted molar refractivity (Wildman–Crippen MR) is 290 cm³/mol. The lowest BCUT2D eigenvalue weighted by Crippen LogP contribution is -2.45. The van der Waals surface area contributed by atoms with Gasteiger partial charge in [-0.15, -0.1) is 0 Å².